The van der Waals surface area contributed by atoms with E-state index >= 15 is 0 Å². The first-order valence-corrected chi connectivity index (χ1v) is 5.92. The van der Waals surface area contributed by atoms with E-state index in [2.05, 4.69) is 21.2 Å². The molecule has 0 spiro atoms. The molecular formula is C12H17BrN2O. The van der Waals surface area contributed by atoms with Crippen LogP contribution in [0, 0.1) is 0 Å². The first-order valence-electron chi connectivity index (χ1n) is 5.13. The van der Waals surface area contributed by atoms with Gasteiger partial charge in [-0.25, -0.2) is 0 Å². The van der Waals surface area contributed by atoms with Crippen LogP contribution in [0.2, 0.25) is 0 Å². The fourth-order valence-electron chi connectivity index (χ4n) is 1.16. The molecule has 16 heavy (non-hydrogen) atoms. The minimum Gasteiger partial charge on any atom is -0.398 e. The van der Waals surface area contributed by atoms with Gasteiger partial charge in [0.25, 0.3) is 0 Å². The van der Waals surface area contributed by atoms with Crippen molar-refractivity contribution in [1.82, 2.24) is 5.32 Å². The molecule has 1 aromatic carbocycles. The Bertz CT molecular complexity index is 396. The fourth-order valence-corrected chi connectivity index (χ4v) is 1.41. The van der Waals surface area contributed by atoms with Gasteiger partial charge in [0.05, 0.1) is 6.54 Å². The number of halogens is 1. The highest BCUT2D eigenvalue weighted by Crippen LogP contribution is 2.20. The monoisotopic (exact) mass is 284 g/mol. The Morgan fingerprint density at radius 2 is 2.06 bits per heavy atom. The van der Waals surface area contributed by atoms with Crippen LogP contribution in [0.4, 0.5) is 5.69 Å². The van der Waals surface area contributed by atoms with Crippen LogP contribution >= 0.6 is 15.9 Å². The fraction of sp³-hybridized carbons (Fsp3) is 0.417. The van der Waals surface area contributed by atoms with Crippen molar-refractivity contribution in [2.45, 2.75) is 26.3 Å². The van der Waals surface area contributed by atoms with Crippen molar-refractivity contribution in [2.75, 3.05) is 12.3 Å². The van der Waals surface area contributed by atoms with Gasteiger partial charge < -0.3 is 11.1 Å². The quantitative estimate of drug-likeness (QED) is 0.663. The van der Waals surface area contributed by atoms with Gasteiger partial charge in [0.15, 0.2) is 5.78 Å². The lowest BCUT2D eigenvalue weighted by Gasteiger charge is -2.19. The number of rotatable bonds is 3. The Balaban J connectivity index is 2.70. The number of nitrogens with two attached hydrogens (primary N) is 1. The molecule has 0 heterocycles. The van der Waals surface area contributed by atoms with Gasteiger partial charge >= 0.3 is 0 Å². The number of carbonyl (C=O) groups excluding carboxylic acids is 1. The van der Waals surface area contributed by atoms with Gasteiger partial charge in [-0.1, -0.05) is 6.07 Å². The predicted molar refractivity (Wildman–Crippen MR) is 70.6 cm³/mol. The highest BCUT2D eigenvalue weighted by atomic mass is 79.9. The Morgan fingerprint density at radius 3 is 2.56 bits per heavy atom. The van der Waals surface area contributed by atoms with Crippen molar-refractivity contribution < 1.29 is 4.79 Å². The number of hydrogen-bond acceptors (Lipinski definition) is 3. The summed E-state index contributed by atoms with van der Waals surface area (Å²) >= 11 is 3.30. The summed E-state index contributed by atoms with van der Waals surface area (Å²) in [4.78, 5) is 11.8. The highest BCUT2D eigenvalue weighted by molar-refractivity contribution is 9.10. The number of benzene rings is 1. The SMILES string of the molecule is CC(C)(C)NCC(=O)c1ccc(Br)c(N)c1. The molecule has 0 aromatic heterocycles. The number of nitrogen functional groups attached to an aromatic ring is 1. The van der Waals surface area contributed by atoms with Crippen LogP contribution in [0.15, 0.2) is 22.7 Å². The molecule has 0 amide bonds. The standard InChI is InChI=1S/C12H17BrN2O/c1-12(2,3)15-7-11(16)8-4-5-9(13)10(14)6-8/h4-6,15H,7,14H2,1-3H3. The van der Waals surface area contributed by atoms with E-state index in [1.54, 1.807) is 18.2 Å². The third kappa shape index (κ3) is 3.94. The number of Topliss-reactive ketones (excluding diaryl/α,β-unsaturated/α-hetero) is 1. The van der Waals surface area contributed by atoms with Crippen LogP contribution in [0.1, 0.15) is 31.1 Å². The van der Waals surface area contributed by atoms with Crippen molar-refractivity contribution in [3.63, 3.8) is 0 Å². The van der Waals surface area contributed by atoms with Crippen molar-refractivity contribution in [3.05, 3.63) is 28.2 Å². The zero-order valence-electron chi connectivity index (χ0n) is 9.80. The van der Waals surface area contributed by atoms with E-state index in [0.717, 1.165) is 4.47 Å². The third-order valence-corrected chi connectivity index (χ3v) is 2.82. The normalized spacial score (nSPS) is 11.5. The van der Waals surface area contributed by atoms with E-state index in [1.807, 2.05) is 20.8 Å². The number of hydrogen-bond donors (Lipinski definition) is 2. The molecular weight excluding hydrogens is 268 g/mol. The lowest BCUT2D eigenvalue weighted by molar-refractivity contribution is 0.0982. The second-order valence-corrected chi connectivity index (χ2v) is 5.62. The van der Waals surface area contributed by atoms with E-state index in [4.69, 9.17) is 5.73 Å². The Morgan fingerprint density at radius 1 is 1.44 bits per heavy atom. The van der Waals surface area contributed by atoms with Crippen LogP contribution < -0.4 is 11.1 Å². The second-order valence-electron chi connectivity index (χ2n) is 4.76. The number of anilines is 1. The average Bonchev–Trinajstić information content (AvgIpc) is 2.17. The van der Waals surface area contributed by atoms with Crippen molar-refractivity contribution in [2.24, 2.45) is 0 Å². The average molecular weight is 285 g/mol. The Kier molecular flexibility index (Phi) is 4.10. The van der Waals surface area contributed by atoms with Gasteiger partial charge in [-0.3, -0.25) is 4.79 Å². The topological polar surface area (TPSA) is 55.1 Å². The molecule has 4 heteroatoms. The molecule has 88 valence electrons. The number of ketones is 1. The molecule has 1 rings (SSSR count). The van der Waals surface area contributed by atoms with E-state index < -0.39 is 0 Å². The summed E-state index contributed by atoms with van der Waals surface area (Å²) in [5, 5.41) is 3.15. The minimum absolute atomic E-state index is 0.0501. The maximum absolute atomic E-state index is 11.8. The first kappa shape index (κ1) is 13.2. The van der Waals surface area contributed by atoms with E-state index in [0.29, 0.717) is 17.8 Å². The third-order valence-electron chi connectivity index (χ3n) is 2.10. The van der Waals surface area contributed by atoms with Gasteiger partial charge in [0.1, 0.15) is 0 Å². The van der Waals surface area contributed by atoms with Crippen LogP contribution in [0.3, 0.4) is 0 Å². The largest absolute Gasteiger partial charge is 0.398 e. The van der Waals surface area contributed by atoms with Crippen molar-refractivity contribution in [1.29, 1.82) is 0 Å². The molecule has 3 N–H and O–H groups in total. The first-order chi connectivity index (χ1) is 7.29. The lowest BCUT2D eigenvalue weighted by Crippen LogP contribution is -2.39. The predicted octanol–water partition coefficient (Wildman–Crippen LogP) is 2.60. The maximum atomic E-state index is 11.8. The summed E-state index contributed by atoms with van der Waals surface area (Å²) < 4.78 is 0.813. The Labute approximate surface area is 105 Å². The lowest BCUT2D eigenvalue weighted by atomic mass is 10.1. The molecule has 0 aliphatic rings. The van der Waals surface area contributed by atoms with E-state index in [9.17, 15) is 4.79 Å². The van der Waals surface area contributed by atoms with Gasteiger partial charge in [-0.2, -0.15) is 0 Å². The second kappa shape index (κ2) is 4.97. The van der Waals surface area contributed by atoms with Crippen LogP contribution in [0.5, 0.6) is 0 Å². The summed E-state index contributed by atoms with van der Waals surface area (Å²) in [5.41, 5.74) is 6.88. The van der Waals surface area contributed by atoms with Crippen LogP contribution in [-0.2, 0) is 0 Å². The summed E-state index contributed by atoms with van der Waals surface area (Å²) in [7, 11) is 0. The summed E-state index contributed by atoms with van der Waals surface area (Å²) in [6.45, 7) is 6.40. The van der Waals surface area contributed by atoms with Crippen molar-refractivity contribution in [3.8, 4) is 0 Å². The smallest absolute Gasteiger partial charge is 0.176 e. The van der Waals surface area contributed by atoms with Gasteiger partial charge in [0.2, 0.25) is 0 Å². The zero-order chi connectivity index (χ0) is 12.3. The molecule has 0 atom stereocenters. The van der Waals surface area contributed by atoms with Gasteiger partial charge in [-0.15, -0.1) is 0 Å². The molecule has 3 nitrogen and oxygen atoms in total. The summed E-state index contributed by atoms with van der Waals surface area (Å²) in [6, 6.07) is 5.25. The molecule has 0 fully saturated rings. The minimum atomic E-state index is -0.0590. The van der Waals surface area contributed by atoms with E-state index in [1.165, 1.54) is 0 Å². The molecule has 0 bridgehead atoms. The highest BCUT2D eigenvalue weighted by Gasteiger charge is 2.13. The molecule has 0 radical (unpaired) electrons. The zero-order valence-corrected chi connectivity index (χ0v) is 11.4. The Hall–Kier alpha value is -0.870. The molecule has 0 saturated heterocycles. The summed E-state index contributed by atoms with van der Waals surface area (Å²) in [5.74, 6) is 0.0501. The molecule has 0 saturated carbocycles. The van der Waals surface area contributed by atoms with Crippen LogP contribution in [0.25, 0.3) is 0 Å². The summed E-state index contributed by atoms with van der Waals surface area (Å²) in [6.07, 6.45) is 0. The number of nitrogens with one attached hydrogen (secondary N) is 1. The number of carbonyl (C=O) groups is 1. The maximum Gasteiger partial charge on any atom is 0.176 e. The molecule has 0 aliphatic carbocycles. The van der Waals surface area contributed by atoms with Crippen molar-refractivity contribution >= 4 is 27.4 Å². The molecule has 0 unspecified atom stereocenters. The van der Waals surface area contributed by atoms with Crippen LogP contribution in [-0.4, -0.2) is 17.9 Å². The van der Waals surface area contributed by atoms with E-state index in [-0.39, 0.29) is 11.3 Å². The van der Waals surface area contributed by atoms with Gasteiger partial charge in [-0.05, 0) is 48.8 Å². The molecule has 0 aliphatic heterocycles. The molecule has 1 aromatic rings. The van der Waals surface area contributed by atoms with Gasteiger partial charge in [0, 0.05) is 21.3 Å².